The average Bonchev–Trinajstić information content (AvgIpc) is 2.40. The minimum absolute atomic E-state index is 0.262. The highest BCUT2D eigenvalue weighted by molar-refractivity contribution is 5.57. The maximum atomic E-state index is 13.7. The van der Waals surface area contributed by atoms with Crippen molar-refractivity contribution >= 4 is 0 Å². The molecule has 0 heterocycles. The third kappa shape index (κ3) is 2.77. The molecule has 0 amide bonds. The van der Waals surface area contributed by atoms with E-state index in [0.717, 1.165) is 0 Å². The van der Waals surface area contributed by atoms with Crippen LogP contribution < -0.4 is 0 Å². The van der Waals surface area contributed by atoms with E-state index >= 15 is 0 Å². The van der Waals surface area contributed by atoms with Crippen molar-refractivity contribution in [3.8, 4) is 23.0 Å². The molecule has 4 N–H and O–H groups in total. The molecule has 0 unspecified atom stereocenters. The second kappa shape index (κ2) is 5.64. The highest BCUT2D eigenvalue weighted by Gasteiger charge is 2.74. The van der Waals surface area contributed by atoms with Gasteiger partial charge in [-0.1, -0.05) is 12.1 Å². The molecular formula is C15H10F6O4. The van der Waals surface area contributed by atoms with Crippen molar-refractivity contribution in [2.24, 2.45) is 0 Å². The Morgan fingerprint density at radius 3 is 1.12 bits per heavy atom. The molecule has 0 spiro atoms. The van der Waals surface area contributed by atoms with Gasteiger partial charge in [0, 0.05) is 23.3 Å². The van der Waals surface area contributed by atoms with Crippen LogP contribution in [0.15, 0.2) is 36.4 Å². The van der Waals surface area contributed by atoms with E-state index in [9.17, 15) is 36.6 Å². The van der Waals surface area contributed by atoms with Gasteiger partial charge in [-0.25, -0.2) is 0 Å². The molecule has 0 atom stereocenters. The van der Waals surface area contributed by atoms with E-state index in [-0.39, 0.29) is 12.1 Å². The summed E-state index contributed by atoms with van der Waals surface area (Å²) in [7, 11) is 0. The number of alkyl halides is 6. The second-order valence-corrected chi connectivity index (χ2v) is 5.15. The van der Waals surface area contributed by atoms with E-state index in [0.29, 0.717) is 24.3 Å². The summed E-state index contributed by atoms with van der Waals surface area (Å²) in [6, 6.07) is 2.24. The van der Waals surface area contributed by atoms with Crippen LogP contribution in [0.2, 0.25) is 0 Å². The Labute approximate surface area is 136 Å². The van der Waals surface area contributed by atoms with Gasteiger partial charge in [-0.15, -0.1) is 0 Å². The van der Waals surface area contributed by atoms with Crippen molar-refractivity contribution in [2.45, 2.75) is 17.8 Å². The van der Waals surface area contributed by atoms with Gasteiger partial charge in [-0.05, 0) is 12.1 Å². The number of hydrogen-bond acceptors (Lipinski definition) is 4. The van der Waals surface area contributed by atoms with Crippen LogP contribution in [-0.2, 0) is 5.41 Å². The quantitative estimate of drug-likeness (QED) is 0.606. The molecule has 2 aromatic rings. The largest absolute Gasteiger partial charge is 0.508 e. The zero-order chi connectivity index (χ0) is 19.2. The van der Waals surface area contributed by atoms with E-state index in [4.69, 9.17) is 10.2 Å². The lowest BCUT2D eigenvalue weighted by Crippen LogP contribution is -2.54. The smallest absolute Gasteiger partial charge is 0.411 e. The lowest BCUT2D eigenvalue weighted by Gasteiger charge is -2.38. The molecule has 10 heteroatoms. The lowest BCUT2D eigenvalue weighted by atomic mass is 9.72. The summed E-state index contributed by atoms with van der Waals surface area (Å²) >= 11 is 0. The van der Waals surface area contributed by atoms with Gasteiger partial charge < -0.3 is 20.4 Å². The average molecular weight is 368 g/mol. The molecule has 0 radical (unpaired) electrons. The van der Waals surface area contributed by atoms with Crippen LogP contribution in [0.1, 0.15) is 11.1 Å². The van der Waals surface area contributed by atoms with Gasteiger partial charge in [0.1, 0.15) is 23.0 Å². The summed E-state index contributed by atoms with van der Waals surface area (Å²) in [5, 5.41) is 37.7. The normalized spacial score (nSPS) is 13.0. The summed E-state index contributed by atoms with van der Waals surface area (Å²) in [6.07, 6.45) is -12.1. The molecule has 4 nitrogen and oxygen atoms in total. The SMILES string of the molecule is Oc1ccc(C(c2ccc(O)cc2O)(C(F)(F)F)C(F)(F)F)c(O)c1. The third-order valence-corrected chi connectivity index (χ3v) is 3.62. The number of rotatable bonds is 2. The topological polar surface area (TPSA) is 80.9 Å². The molecule has 0 fully saturated rings. The van der Waals surface area contributed by atoms with E-state index in [1.165, 1.54) is 0 Å². The molecule has 0 bridgehead atoms. The molecule has 136 valence electrons. The Balaban J connectivity index is 3.02. The fraction of sp³-hybridized carbons (Fsp3) is 0.200. The zero-order valence-corrected chi connectivity index (χ0v) is 12.0. The lowest BCUT2D eigenvalue weighted by molar-refractivity contribution is -0.289. The van der Waals surface area contributed by atoms with Gasteiger partial charge >= 0.3 is 12.4 Å². The Kier molecular flexibility index (Phi) is 4.19. The molecule has 0 aromatic heterocycles. The van der Waals surface area contributed by atoms with Crippen molar-refractivity contribution in [2.75, 3.05) is 0 Å². The molecule has 0 aliphatic heterocycles. The summed E-state index contributed by atoms with van der Waals surface area (Å²) in [5.41, 5.74) is -8.06. The number of phenolic OH excluding ortho intramolecular Hbond substituents is 4. The number of benzene rings is 2. The maximum absolute atomic E-state index is 13.7. The highest BCUT2D eigenvalue weighted by Crippen LogP contribution is 2.60. The van der Waals surface area contributed by atoms with Gasteiger partial charge in [-0.2, -0.15) is 26.3 Å². The van der Waals surface area contributed by atoms with Crippen molar-refractivity contribution in [3.63, 3.8) is 0 Å². The predicted octanol–water partition coefficient (Wildman–Crippen LogP) is 3.92. The first kappa shape index (κ1) is 18.6. The minimum Gasteiger partial charge on any atom is -0.508 e. The van der Waals surface area contributed by atoms with Crippen LogP contribution >= 0.6 is 0 Å². The highest BCUT2D eigenvalue weighted by atomic mass is 19.4. The molecule has 0 aliphatic rings. The van der Waals surface area contributed by atoms with Crippen molar-refractivity contribution in [1.29, 1.82) is 0 Å². The molecule has 2 aromatic carbocycles. The van der Waals surface area contributed by atoms with E-state index in [1.807, 2.05) is 0 Å². The molecule has 0 saturated carbocycles. The summed E-state index contributed by atoms with van der Waals surface area (Å²) < 4.78 is 82.4. The first-order chi connectivity index (χ1) is 11.3. The molecular weight excluding hydrogens is 358 g/mol. The van der Waals surface area contributed by atoms with Crippen LogP contribution in [0.4, 0.5) is 26.3 Å². The summed E-state index contributed by atoms with van der Waals surface area (Å²) in [5.74, 6) is -4.45. The second-order valence-electron chi connectivity index (χ2n) is 5.15. The molecule has 0 saturated heterocycles. The van der Waals surface area contributed by atoms with Gasteiger partial charge in [0.15, 0.2) is 0 Å². The Hall–Kier alpha value is -2.78. The van der Waals surface area contributed by atoms with E-state index < -0.39 is 51.9 Å². The van der Waals surface area contributed by atoms with Crippen molar-refractivity contribution < 1.29 is 46.8 Å². The van der Waals surface area contributed by atoms with Crippen LogP contribution in [0, 0.1) is 0 Å². The minimum atomic E-state index is -6.03. The predicted molar refractivity (Wildman–Crippen MR) is 72.4 cm³/mol. The Morgan fingerprint density at radius 1 is 0.560 bits per heavy atom. The van der Waals surface area contributed by atoms with Gasteiger partial charge in [0.2, 0.25) is 5.41 Å². The first-order valence-electron chi connectivity index (χ1n) is 6.50. The zero-order valence-electron chi connectivity index (χ0n) is 12.0. The van der Waals surface area contributed by atoms with Crippen LogP contribution in [-0.4, -0.2) is 32.8 Å². The summed E-state index contributed by atoms with van der Waals surface area (Å²) in [4.78, 5) is 0. The maximum Gasteiger partial charge on any atom is 0.411 e. The fourth-order valence-corrected chi connectivity index (χ4v) is 2.59. The van der Waals surface area contributed by atoms with E-state index in [2.05, 4.69) is 0 Å². The van der Waals surface area contributed by atoms with Crippen LogP contribution in [0.3, 0.4) is 0 Å². The van der Waals surface area contributed by atoms with Crippen LogP contribution in [0.25, 0.3) is 0 Å². The Morgan fingerprint density at radius 2 is 0.880 bits per heavy atom. The summed E-state index contributed by atoms with van der Waals surface area (Å²) in [6.45, 7) is 0. The number of halogens is 6. The van der Waals surface area contributed by atoms with Gasteiger partial charge in [-0.3, -0.25) is 0 Å². The number of hydrogen-bond donors (Lipinski definition) is 4. The van der Waals surface area contributed by atoms with Crippen molar-refractivity contribution in [3.05, 3.63) is 47.5 Å². The van der Waals surface area contributed by atoms with Crippen molar-refractivity contribution in [1.82, 2.24) is 0 Å². The Bertz CT molecular complexity index is 730. The number of aromatic hydroxyl groups is 4. The fourth-order valence-electron chi connectivity index (χ4n) is 2.59. The standard InChI is InChI=1S/C15H10F6O4/c16-14(17,18)13(15(19,20)21,9-3-1-7(22)5-11(9)24)10-4-2-8(23)6-12(10)25/h1-6,22-25H. The monoisotopic (exact) mass is 368 g/mol. The molecule has 2 rings (SSSR count). The van der Waals surface area contributed by atoms with Gasteiger partial charge in [0.05, 0.1) is 0 Å². The molecule has 0 aliphatic carbocycles. The van der Waals surface area contributed by atoms with E-state index in [1.54, 1.807) is 0 Å². The first-order valence-corrected chi connectivity index (χ1v) is 6.50. The van der Waals surface area contributed by atoms with Crippen LogP contribution in [0.5, 0.6) is 23.0 Å². The number of phenols is 4. The molecule has 25 heavy (non-hydrogen) atoms. The third-order valence-electron chi connectivity index (χ3n) is 3.62. The van der Waals surface area contributed by atoms with Gasteiger partial charge in [0.25, 0.3) is 0 Å².